The van der Waals surface area contributed by atoms with Crippen LogP contribution in [-0.2, 0) is 22.4 Å². The first-order chi connectivity index (χ1) is 18.3. The van der Waals surface area contributed by atoms with Gasteiger partial charge in [0.05, 0.1) is 29.7 Å². The number of carbonyl (C=O) groups excluding carboxylic acids is 1. The zero-order chi connectivity index (χ0) is 27.0. The number of hydrogen-bond acceptors (Lipinski definition) is 5. The molecule has 10 heteroatoms. The van der Waals surface area contributed by atoms with Gasteiger partial charge < -0.3 is 19.1 Å². The summed E-state index contributed by atoms with van der Waals surface area (Å²) < 4.78 is 36.9. The minimum absolute atomic E-state index is 0.0161. The fourth-order valence-electron chi connectivity index (χ4n) is 5.95. The maximum absolute atomic E-state index is 12.6. The molecule has 1 aliphatic carbocycles. The fourth-order valence-corrected chi connectivity index (χ4v) is 5.95. The quantitative estimate of drug-likeness (QED) is 0.426. The average Bonchev–Trinajstić information content (AvgIpc) is 3.27. The molecule has 1 N–H and O–H groups in total. The van der Waals surface area contributed by atoms with E-state index in [2.05, 4.69) is 9.30 Å². The maximum atomic E-state index is 12.6. The lowest BCUT2D eigenvalue weighted by Crippen LogP contribution is -2.42. The van der Waals surface area contributed by atoms with Crippen LogP contribution in [0.15, 0.2) is 36.4 Å². The highest BCUT2D eigenvalue weighted by Gasteiger charge is 2.34. The number of aliphatic carboxylic acids is 1. The Hall–Kier alpha value is -3.69. The van der Waals surface area contributed by atoms with Crippen LogP contribution in [0.4, 0.5) is 19.3 Å². The normalized spacial score (nSPS) is 21.4. The molecule has 2 aromatic carbocycles. The lowest BCUT2D eigenvalue weighted by atomic mass is 9.85. The monoisotopic (exact) mass is 527 g/mol. The van der Waals surface area contributed by atoms with Crippen molar-refractivity contribution in [1.29, 1.82) is 0 Å². The van der Waals surface area contributed by atoms with Gasteiger partial charge in [0.2, 0.25) is 0 Å². The van der Waals surface area contributed by atoms with E-state index in [0.717, 1.165) is 59.4 Å². The molecule has 3 aromatic rings. The molecule has 2 aliphatic rings. The number of carboxylic acid groups (broad SMARTS) is 1. The van der Waals surface area contributed by atoms with Crippen molar-refractivity contribution in [2.75, 3.05) is 12.0 Å². The number of aromatic nitrogens is 2. The first-order valence-corrected chi connectivity index (χ1v) is 12.9. The number of aryl methyl sites for hydroxylation is 1. The van der Waals surface area contributed by atoms with Crippen molar-refractivity contribution < 1.29 is 33.0 Å². The van der Waals surface area contributed by atoms with Crippen molar-refractivity contribution in [2.45, 2.75) is 70.6 Å². The zero-order valence-electron chi connectivity index (χ0n) is 21.4. The minimum atomic E-state index is -2.89. The first kappa shape index (κ1) is 25.9. The van der Waals surface area contributed by atoms with E-state index >= 15 is 0 Å². The molecular weight excluding hydrogens is 496 g/mol. The molecule has 2 heterocycles. The molecule has 0 saturated heterocycles. The first-order valence-electron chi connectivity index (χ1n) is 12.9. The molecule has 38 heavy (non-hydrogen) atoms. The second-order valence-corrected chi connectivity index (χ2v) is 10.1. The number of amides is 1. The number of nitrogens with zero attached hydrogens (tertiary/aromatic N) is 3. The van der Waals surface area contributed by atoms with Gasteiger partial charge in [-0.25, -0.2) is 9.78 Å². The van der Waals surface area contributed by atoms with E-state index in [9.17, 15) is 23.5 Å². The molecule has 1 amide bonds. The van der Waals surface area contributed by atoms with Crippen LogP contribution in [0.3, 0.4) is 0 Å². The van der Waals surface area contributed by atoms with Crippen LogP contribution in [-0.4, -0.2) is 46.5 Å². The van der Waals surface area contributed by atoms with Gasteiger partial charge in [-0.15, -0.1) is 0 Å². The van der Waals surface area contributed by atoms with Gasteiger partial charge >= 0.3 is 18.7 Å². The van der Waals surface area contributed by atoms with E-state index in [4.69, 9.17) is 9.72 Å². The Bertz CT molecular complexity index is 1340. The number of alkyl halides is 2. The number of anilines is 1. The second-order valence-electron chi connectivity index (χ2n) is 10.1. The van der Waals surface area contributed by atoms with Crippen LogP contribution in [0.25, 0.3) is 11.0 Å². The summed E-state index contributed by atoms with van der Waals surface area (Å²) in [6.45, 7) is -0.902. The Labute approximate surface area is 219 Å². The van der Waals surface area contributed by atoms with E-state index < -0.39 is 24.6 Å². The fraction of sp³-hybridized carbons (Fsp3) is 0.464. The van der Waals surface area contributed by atoms with Crippen molar-refractivity contribution in [3.8, 4) is 5.75 Å². The molecule has 0 bridgehead atoms. The van der Waals surface area contributed by atoms with E-state index in [0.29, 0.717) is 19.3 Å². The number of carbonyl (C=O) groups is 2. The zero-order valence-corrected chi connectivity index (χ0v) is 21.4. The van der Waals surface area contributed by atoms with Crippen molar-refractivity contribution in [3.63, 3.8) is 0 Å². The Kier molecular flexibility index (Phi) is 7.23. The van der Waals surface area contributed by atoms with Gasteiger partial charge in [-0.05, 0) is 68.9 Å². The highest BCUT2D eigenvalue weighted by atomic mass is 19.3. The highest BCUT2D eigenvalue weighted by molar-refractivity contribution is 5.95. The molecule has 0 radical (unpaired) electrons. The topological polar surface area (TPSA) is 93.9 Å². The van der Waals surface area contributed by atoms with Crippen LogP contribution in [0.2, 0.25) is 0 Å². The van der Waals surface area contributed by atoms with Crippen LogP contribution in [0.1, 0.15) is 62.0 Å². The molecule has 0 spiro atoms. The van der Waals surface area contributed by atoms with Gasteiger partial charge in [-0.3, -0.25) is 9.69 Å². The van der Waals surface area contributed by atoms with Gasteiger partial charge in [0, 0.05) is 24.1 Å². The van der Waals surface area contributed by atoms with E-state index in [1.54, 1.807) is 17.0 Å². The molecule has 3 atom stereocenters. The summed E-state index contributed by atoms with van der Waals surface area (Å²) in [5.41, 5.74) is 4.32. The van der Waals surface area contributed by atoms with Crippen LogP contribution in [0.5, 0.6) is 5.75 Å². The van der Waals surface area contributed by atoms with Gasteiger partial charge in [0.1, 0.15) is 11.6 Å². The summed E-state index contributed by atoms with van der Waals surface area (Å²) >= 11 is 0. The summed E-state index contributed by atoms with van der Waals surface area (Å²) in [6, 6.07) is 10.3. The molecule has 1 aromatic heterocycles. The molecule has 1 unspecified atom stereocenters. The Morgan fingerprint density at radius 1 is 1.13 bits per heavy atom. The molecule has 202 valence electrons. The summed E-state index contributed by atoms with van der Waals surface area (Å²) in [5, 5.41) is 9.71. The van der Waals surface area contributed by atoms with Gasteiger partial charge in [0.25, 0.3) is 0 Å². The lowest BCUT2D eigenvalue weighted by Gasteiger charge is -2.34. The van der Waals surface area contributed by atoms with Crippen molar-refractivity contribution in [1.82, 2.24) is 9.55 Å². The third-order valence-corrected chi connectivity index (χ3v) is 7.77. The number of benzene rings is 2. The predicted octanol–water partition coefficient (Wildman–Crippen LogP) is 5.95. The average molecular weight is 528 g/mol. The van der Waals surface area contributed by atoms with Crippen molar-refractivity contribution in [3.05, 3.63) is 53.3 Å². The Balaban J connectivity index is 1.59. The van der Waals surface area contributed by atoms with Crippen LogP contribution in [0, 0.1) is 5.92 Å². The number of fused-ring (bicyclic) bond motifs is 3. The number of halogens is 2. The number of methoxy groups -OCH3 is 1. The number of imidazole rings is 1. The highest BCUT2D eigenvalue weighted by Crippen LogP contribution is 2.41. The Morgan fingerprint density at radius 2 is 1.89 bits per heavy atom. The second kappa shape index (κ2) is 10.6. The van der Waals surface area contributed by atoms with Crippen LogP contribution >= 0.6 is 0 Å². The number of hydrogen-bond donors (Lipinski definition) is 1. The number of carboxylic acids is 1. The summed E-state index contributed by atoms with van der Waals surface area (Å²) in [4.78, 5) is 31.2. The third-order valence-electron chi connectivity index (χ3n) is 7.77. The van der Waals surface area contributed by atoms with Crippen molar-refractivity contribution >= 4 is 28.8 Å². The third kappa shape index (κ3) is 4.91. The number of ether oxygens (including phenoxy) is 2. The SMILES string of the molecule is COC(=O)N1c2ccc3c(nc(Cc4ccc(OC(F)F)cc4)n3[C@@H]3CCC[C@@H](C(=O)O)C3)c2CCC1C. The van der Waals surface area contributed by atoms with Gasteiger partial charge in [-0.1, -0.05) is 18.6 Å². The maximum Gasteiger partial charge on any atom is 0.414 e. The molecule has 8 nitrogen and oxygen atoms in total. The Morgan fingerprint density at radius 3 is 2.58 bits per heavy atom. The van der Waals surface area contributed by atoms with Gasteiger partial charge in [-0.2, -0.15) is 8.78 Å². The summed E-state index contributed by atoms with van der Waals surface area (Å²) in [6.07, 6.45) is 4.34. The van der Waals surface area contributed by atoms with E-state index in [1.165, 1.54) is 19.2 Å². The molecule has 1 fully saturated rings. The molecule has 1 aliphatic heterocycles. The van der Waals surface area contributed by atoms with E-state index in [1.807, 2.05) is 19.1 Å². The molecular formula is C28H31F2N3O5. The molecule has 5 rings (SSSR count). The predicted molar refractivity (Wildman–Crippen MR) is 137 cm³/mol. The summed E-state index contributed by atoms with van der Waals surface area (Å²) in [7, 11) is 1.37. The molecule has 1 saturated carbocycles. The minimum Gasteiger partial charge on any atom is -0.481 e. The van der Waals surface area contributed by atoms with Gasteiger partial charge in [0.15, 0.2) is 0 Å². The van der Waals surface area contributed by atoms with Crippen molar-refractivity contribution in [2.24, 2.45) is 5.92 Å². The number of rotatable bonds is 6. The summed E-state index contributed by atoms with van der Waals surface area (Å²) in [5.74, 6) is -0.344. The standard InChI is InChI=1S/C28H31F2N3O5/c1-16-6-11-21-22(32(16)28(36)37-2)12-13-23-25(21)31-24(14-17-7-9-20(10-8-17)38-27(29)30)33(23)19-5-3-4-18(15-19)26(34)35/h7-10,12-13,16,18-19,27H,3-6,11,14-15H2,1-2H3,(H,34,35)/t16?,18-,19-/m1/s1. The largest absolute Gasteiger partial charge is 0.481 e. The lowest BCUT2D eigenvalue weighted by molar-refractivity contribution is -0.143. The van der Waals surface area contributed by atoms with Crippen LogP contribution < -0.4 is 9.64 Å². The smallest absolute Gasteiger partial charge is 0.414 e. The van der Waals surface area contributed by atoms with E-state index in [-0.39, 0.29) is 17.8 Å².